The van der Waals surface area contributed by atoms with Crippen molar-refractivity contribution < 1.29 is 18.1 Å². The Bertz CT molecular complexity index is 787. The van der Waals surface area contributed by atoms with E-state index < -0.39 is 21.0 Å². The molecule has 9 nitrogen and oxygen atoms in total. The molecule has 0 radical (unpaired) electrons. The summed E-state index contributed by atoms with van der Waals surface area (Å²) in [5.41, 5.74) is -0.171. The van der Waals surface area contributed by atoms with Crippen LogP contribution >= 0.6 is 0 Å². The Kier molecular flexibility index (Phi) is 5.26. The molecule has 3 rings (SSSR count). The van der Waals surface area contributed by atoms with Crippen molar-refractivity contribution in [2.24, 2.45) is 0 Å². The molecule has 1 unspecified atom stereocenters. The Morgan fingerprint density at radius 2 is 1.73 bits per heavy atom. The number of benzene rings is 1. The Morgan fingerprint density at radius 1 is 1.12 bits per heavy atom. The Balaban J connectivity index is 1.80. The summed E-state index contributed by atoms with van der Waals surface area (Å²) < 4.78 is 27.1. The fourth-order valence-corrected chi connectivity index (χ4v) is 5.04. The van der Waals surface area contributed by atoms with Gasteiger partial charge in [0.2, 0.25) is 15.9 Å². The highest BCUT2D eigenvalue weighted by Gasteiger charge is 2.41. The van der Waals surface area contributed by atoms with E-state index in [1.54, 1.807) is 4.90 Å². The van der Waals surface area contributed by atoms with E-state index in [-0.39, 0.29) is 23.0 Å². The van der Waals surface area contributed by atoms with E-state index in [1.807, 2.05) is 7.05 Å². The molecule has 0 aliphatic carbocycles. The minimum Gasteiger partial charge on any atom is -0.339 e. The minimum atomic E-state index is -3.87. The fraction of sp³-hybridized carbons (Fsp3) is 0.562. The molecule has 1 aromatic rings. The van der Waals surface area contributed by atoms with Crippen LogP contribution in [0.1, 0.15) is 12.8 Å². The zero-order valence-corrected chi connectivity index (χ0v) is 15.4. The van der Waals surface area contributed by atoms with Gasteiger partial charge in [-0.1, -0.05) is 0 Å². The predicted molar refractivity (Wildman–Crippen MR) is 94.1 cm³/mol. The van der Waals surface area contributed by atoms with Crippen LogP contribution in [0.3, 0.4) is 0 Å². The molecular formula is C16H22N4O5S. The van der Waals surface area contributed by atoms with Gasteiger partial charge in [-0.2, -0.15) is 4.31 Å². The van der Waals surface area contributed by atoms with E-state index in [9.17, 15) is 23.3 Å². The maximum absolute atomic E-state index is 12.9. The highest BCUT2D eigenvalue weighted by atomic mass is 32.2. The molecule has 2 saturated heterocycles. The quantitative estimate of drug-likeness (QED) is 0.555. The van der Waals surface area contributed by atoms with Gasteiger partial charge in [0.1, 0.15) is 6.04 Å². The van der Waals surface area contributed by atoms with Gasteiger partial charge in [-0.15, -0.1) is 0 Å². The minimum absolute atomic E-state index is 0.0267. The molecule has 1 aromatic carbocycles. The summed E-state index contributed by atoms with van der Waals surface area (Å²) in [6, 6.07) is 4.09. The van der Waals surface area contributed by atoms with Crippen LogP contribution in [0.25, 0.3) is 0 Å². The van der Waals surface area contributed by atoms with E-state index in [0.717, 1.165) is 13.1 Å². The molecule has 10 heteroatoms. The Morgan fingerprint density at radius 3 is 2.31 bits per heavy atom. The predicted octanol–water partition coefficient (Wildman–Crippen LogP) is 0.522. The summed E-state index contributed by atoms with van der Waals surface area (Å²) in [5.74, 6) is -0.152. The summed E-state index contributed by atoms with van der Waals surface area (Å²) in [5, 5.41) is 10.7. The van der Waals surface area contributed by atoms with Crippen molar-refractivity contribution in [3.8, 4) is 0 Å². The topological polar surface area (TPSA) is 104 Å². The van der Waals surface area contributed by atoms with Crippen molar-refractivity contribution in [3.63, 3.8) is 0 Å². The van der Waals surface area contributed by atoms with E-state index in [0.29, 0.717) is 25.9 Å². The van der Waals surface area contributed by atoms with Crippen LogP contribution in [0.15, 0.2) is 29.2 Å². The number of hydrogen-bond donors (Lipinski definition) is 0. The van der Waals surface area contributed by atoms with Crippen LogP contribution in [-0.4, -0.2) is 79.2 Å². The van der Waals surface area contributed by atoms with Crippen molar-refractivity contribution in [1.29, 1.82) is 0 Å². The first kappa shape index (κ1) is 18.7. The third kappa shape index (κ3) is 3.57. The molecule has 2 aliphatic heterocycles. The van der Waals surface area contributed by atoms with Crippen molar-refractivity contribution >= 4 is 21.6 Å². The zero-order valence-electron chi connectivity index (χ0n) is 14.6. The van der Waals surface area contributed by atoms with Gasteiger partial charge >= 0.3 is 0 Å². The summed E-state index contributed by atoms with van der Waals surface area (Å²) in [4.78, 5) is 26.9. The van der Waals surface area contributed by atoms with Gasteiger partial charge in [0.15, 0.2) is 0 Å². The van der Waals surface area contributed by atoms with Crippen LogP contribution in [-0.2, 0) is 14.8 Å². The summed E-state index contributed by atoms with van der Waals surface area (Å²) in [6.07, 6.45) is 1.12. The third-order valence-corrected chi connectivity index (χ3v) is 6.88. The van der Waals surface area contributed by atoms with Gasteiger partial charge in [0.05, 0.1) is 9.82 Å². The number of nitro benzene ring substituents is 1. The van der Waals surface area contributed by atoms with Crippen molar-refractivity contribution in [1.82, 2.24) is 14.1 Å². The van der Waals surface area contributed by atoms with E-state index in [2.05, 4.69) is 4.90 Å². The maximum Gasteiger partial charge on any atom is 0.269 e. The molecule has 142 valence electrons. The second-order valence-corrected chi connectivity index (χ2v) is 8.54. The van der Waals surface area contributed by atoms with Crippen molar-refractivity contribution in [2.45, 2.75) is 23.8 Å². The molecule has 0 N–H and O–H groups in total. The number of carbonyl (C=O) groups excluding carboxylic acids is 1. The Labute approximate surface area is 152 Å². The lowest BCUT2D eigenvalue weighted by molar-refractivity contribution is -0.384. The average Bonchev–Trinajstić information content (AvgIpc) is 3.12. The molecule has 0 aromatic heterocycles. The van der Waals surface area contributed by atoms with Gasteiger partial charge in [0.25, 0.3) is 5.69 Å². The number of rotatable bonds is 4. The van der Waals surface area contributed by atoms with Crippen molar-refractivity contribution in [3.05, 3.63) is 34.4 Å². The standard InChI is InChI=1S/C16H22N4O5S/c1-17-9-11-18(12-10-17)16(21)15-3-2-8-19(15)26(24,25)14-6-4-13(5-7-14)20(22)23/h4-7,15H,2-3,8-12H2,1H3. The number of amides is 1. The highest BCUT2D eigenvalue weighted by molar-refractivity contribution is 7.89. The van der Waals surface area contributed by atoms with Gasteiger partial charge in [0, 0.05) is 44.9 Å². The second kappa shape index (κ2) is 7.29. The zero-order chi connectivity index (χ0) is 18.9. The first-order chi connectivity index (χ1) is 12.3. The lowest BCUT2D eigenvalue weighted by Gasteiger charge is -2.35. The highest BCUT2D eigenvalue weighted by Crippen LogP contribution is 2.28. The fourth-order valence-electron chi connectivity index (χ4n) is 3.39. The number of carbonyl (C=O) groups is 1. The molecule has 2 aliphatic rings. The first-order valence-electron chi connectivity index (χ1n) is 8.54. The smallest absolute Gasteiger partial charge is 0.269 e. The van der Waals surface area contributed by atoms with Gasteiger partial charge in [-0.05, 0) is 32.0 Å². The van der Waals surface area contributed by atoms with Crippen molar-refractivity contribution in [2.75, 3.05) is 39.8 Å². The van der Waals surface area contributed by atoms with Gasteiger partial charge < -0.3 is 9.80 Å². The van der Waals surface area contributed by atoms with E-state index in [4.69, 9.17) is 0 Å². The molecule has 26 heavy (non-hydrogen) atoms. The maximum atomic E-state index is 12.9. The number of non-ortho nitro benzene ring substituents is 1. The molecule has 0 bridgehead atoms. The summed E-state index contributed by atoms with van der Waals surface area (Å²) in [7, 11) is -1.88. The number of nitrogens with zero attached hydrogens (tertiary/aromatic N) is 4. The van der Waals surface area contributed by atoms with Crippen LogP contribution < -0.4 is 0 Å². The van der Waals surface area contributed by atoms with E-state index >= 15 is 0 Å². The molecule has 0 spiro atoms. The van der Waals surface area contributed by atoms with Crippen LogP contribution in [0.4, 0.5) is 5.69 Å². The second-order valence-electron chi connectivity index (χ2n) is 6.65. The van der Waals surface area contributed by atoms with Crippen LogP contribution in [0.2, 0.25) is 0 Å². The Hall–Kier alpha value is -2.04. The SMILES string of the molecule is CN1CCN(C(=O)C2CCCN2S(=O)(=O)c2ccc([N+](=O)[O-])cc2)CC1. The number of hydrogen-bond acceptors (Lipinski definition) is 6. The van der Waals surface area contributed by atoms with Gasteiger partial charge in [-0.3, -0.25) is 14.9 Å². The molecule has 2 heterocycles. The molecular weight excluding hydrogens is 360 g/mol. The summed E-state index contributed by atoms with van der Waals surface area (Å²) >= 11 is 0. The third-order valence-electron chi connectivity index (χ3n) is 4.96. The number of likely N-dealkylation sites (N-methyl/N-ethyl adjacent to an activating group) is 1. The molecule has 1 atom stereocenters. The molecule has 1 amide bonds. The molecule has 2 fully saturated rings. The lowest BCUT2D eigenvalue weighted by Crippen LogP contribution is -2.53. The summed E-state index contributed by atoms with van der Waals surface area (Å²) in [6.45, 7) is 3.01. The number of nitro groups is 1. The normalized spacial score (nSPS) is 22.5. The average molecular weight is 382 g/mol. The van der Waals surface area contributed by atoms with Crippen LogP contribution in [0.5, 0.6) is 0 Å². The van der Waals surface area contributed by atoms with Gasteiger partial charge in [-0.25, -0.2) is 8.42 Å². The number of piperazine rings is 1. The lowest BCUT2D eigenvalue weighted by atomic mass is 10.2. The van der Waals surface area contributed by atoms with E-state index in [1.165, 1.54) is 28.6 Å². The first-order valence-corrected chi connectivity index (χ1v) is 9.98. The monoisotopic (exact) mass is 382 g/mol. The molecule has 0 saturated carbocycles. The largest absolute Gasteiger partial charge is 0.339 e. The van der Waals surface area contributed by atoms with Crippen LogP contribution in [0, 0.1) is 10.1 Å². The number of sulfonamides is 1.